The predicted octanol–water partition coefficient (Wildman–Crippen LogP) is 2.45. The molecular weight excluding hydrogens is 409 g/mol. The number of nitrogens with zero attached hydrogens (tertiary/aromatic N) is 4. The van der Waals surface area contributed by atoms with Gasteiger partial charge in [0.15, 0.2) is 5.82 Å². The largest absolute Gasteiger partial charge is 0.490 e. The fourth-order valence-electron chi connectivity index (χ4n) is 3.78. The van der Waals surface area contributed by atoms with Crippen molar-refractivity contribution in [2.45, 2.75) is 58.5 Å². The van der Waals surface area contributed by atoms with Crippen LogP contribution in [0.15, 0.2) is 9.05 Å². The van der Waals surface area contributed by atoms with Crippen molar-refractivity contribution in [2.24, 2.45) is 5.92 Å². The highest BCUT2D eigenvalue weighted by molar-refractivity contribution is 5.73. The molecule has 4 heterocycles. The number of carboxylic acid groups (broad SMARTS) is 1. The lowest BCUT2D eigenvalue weighted by atomic mass is 10.0. The van der Waals surface area contributed by atoms with Crippen molar-refractivity contribution >= 4 is 5.97 Å². The molecule has 166 valence electrons. The zero-order chi connectivity index (χ0) is 22.1. The van der Waals surface area contributed by atoms with Crippen LogP contribution in [0.3, 0.4) is 0 Å². The van der Waals surface area contributed by atoms with Crippen LogP contribution in [-0.2, 0) is 22.5 Å². The zero-order valence-electron chi connectivity index (χ0n) is 16.8. The third-order valence-electron chi connectivity index (χ3n) is 5.17. The van der Waals surface area contributed by atoms with Crippen molar-refractivity contribution in [2.75, 3.05) is 13.1 Å². The lowest BCUT2D eigenvalue weighted by Crippen LogP contribution is -2.25. The van der Waals surface area contributed by atoms with Gasteiger partial charge >= 0.3 is 12.1 Å². The van der Waals surface area contributed by atoms with Crippen molar-refractivity contribution in [1.82, 2.24) is 20.2 Å². The van der Waals surface area contributed by atoms with E-state index in [4.69, 9.17) is 23.7 Å². The third-order valence-corrected chi connectivity index (χ3v) is 5.17. The second-order valence-electron chi connectivity index (χ2n) is 7.53. The van der Waals surface area contributed by atoms with Crippen molar-refractivity contribution in [1.29, 1.82) is 0 Å². The first kappa shape index (κ1) is 22.2. The van der Waals surface area contributed by atoms with E-state index < -0.39 is 12.1 Å². The summed E-state index contributed by atoms with van der Waals surface area (Å²) in [4.78, 5) is 15.6. The molecule has 0 aliphatic carbocycles. The molecule has 2 aliphatic rings. The van der Waals surface area contributed by atoms with E-state index in [-0.39, 0.29) is 6.10 Å². The number of likely N-dealkylation sites (tertiary alicyclic amines) is 1. The highest BCUT2D eigenvalue weighted by Crippen LogP contribution is 2.35. The second kappa shape index (κ2) is 8.72. The van der Waals surface area contributed by atoms with Crippen LogP contribution in [-0.4, -0.2) is 62.7 Å². The Morgan fingerprint density at radius 1 is 1.20 bits per heavy atom. The van der Waals surface area contributed by atoms with E-state index >= 15 is 0 Å². The zero-order valence-corrected chi connectivity index (χ0v) is 16.8. The SMILES string of the molecule is Cc1noc(C[C@H]2C[C@H]3CN(Cc4c(C)noc4C)C[C@H]3O2)n1.O=C(O)C(F)(F)F. The number of alkyl halides is 3. The lowest BCUT2D eigenvalue weighted by molar-refractivity contribution is -0.192. The molecule has 4 rings (SSSR count). The van der Waals surface area contributed by atoms with Gasteiger partial charge in [-0.15, -0.1) is 0 Å². The Kier molecular flexibility index (Phi) is 6.46. The smallest absolute Gasteiger partial charge is 0.475 e. The van der Waals surface area contributed by atoms with E-state index in [1.54, 1.807) is 0 Å². The van der Waals surface area contributed by atoms with Crippen molar-refractivity contribution in [3.05, 3.63) is 28.7 Å². The molecule has 0 spiro atoms. The summed E-state index contributed by atoms with van der Waals surface area (Å²) in [6.45, 7) is 8.74. The number of aryl methyl sites for hydroxylation is 3. The second-order valence-corrected chi connectivity index (χ2v) is 7.53. The maximum atomic E-state index is 10.6. The number of rotatable bonds is 4. The molecule has 0 bridgehead atoms. The topological polar surface area (TPSA) is 115 Å². The first-order chi connectivity index (χ1) is 14.0. The first-order valence-electron chi connectivity index (χ1n) is 9.41. The van der Waals surface area contributed by atoms with Gasteiger partial charge < -0.3 is 18.9 Å². The Balaban J connectivity index is 0.000000318. The standard InChI is InChI=1S/C16H22N4O3.C2HF3O2/c1-9-14(10(2)22-18-9)7-20-6-12-4-13(21-15(12)8-20)5-16-17-11(3)19-23-16;3-2(4,5)1(6)7/h12-13,15H,4-8H2,1-3H3;(H,6,7)/t12-,13+,15+;/m0./s1. The summed E-state index contributed by atoms with van der Waals surface area (Å²) in [5.41, 5.74) is 2.20. The summed E-state index contributed by atoms with van der Waals surface area (Å²) >= 11 is 0. The van der Waals surface area contributed by atoms with Gasteiger partial charge in [-0.05, 0) is 27.2 Å². The van der Waals surface area contributed by atoms with Gasteiger partial charge in [-0.25, -0.2) is 4.79 Å². The number of ether oxygens (including phenoxy) is 1. The summed E-state index contributed by atoms with van der Waals surface area (Å²) < 4.78 is 48.4. The average molecular weight is 432 g/mol. The third kappa shape index (κ3) is 5.36. The highest BCUT2D eigenvalue weighted by Gasteiger charge is 2.42. The molecule has 1 N–H and O–H groups in total. The minimum atomic E-state index is -5.08. The number of hydrogen-bond donors (Lipinski definition) is 1. The molecule has 2 fully saturated rings. The number of carbonyl (C=O) groups is 1. The molecule has 2 aromatic heterocycles. The van der Waals surface area contributed by atoms with Crippen LogP contribution in [0.1, 0.15) is 35.2 Å². The van der Waals surface area contributed by atoms with Crippen molar-refractivity contribution in [3.63, 3.8) is 0 Å². The molecule has 9 nitrogen and oxygen atoms in total. The maximum Gasteiger partial charge on any atom is 0.490 e. The fraction of sp³-hybridized carbons (Fsp3) is 0.667. The van der Waals surface area contributed by atoms with Crippen LogP contribution < -0.4 is 0 Å². The van der Waals surface area contributed by atoms with Gasteiger partial charge in [-0.3, -0.25) is 4.90 Å². The molecule has 2 saturated heterocycles. The Bertz CT molecular complexity index is 848. The molecule has 3 atom stereocenters. The number of aliphatic carboxylic acids is 1. The van der Waals surface area contributed by atoms with Crippen LogP contribution in [0.4, 0.5) is 13.2 Å². The molecule has 0 aromatic carbocycles. The quantitative estimate of drug-likeness (QED) is 0.778. The monoisotopic (exact) mass is 432 g/mol. The number of hydrogen-bond acceptors (Lipinski definition) is 8. The predicted molar refractivity (Wildman–Crippen MR) is 94.5 cm³/mol. The minimum absolute atomic E-state index is 0.200. The summed E-state index contributed by atoms with van der Waals surface area (Å²) in [5.74, 6) is 0.117. The number of carboxylic acids is 1. The van der Waals surface area contributed by atoms with Gasteiger partial charge in [-0.2, -0.15) is 18.2 Å². The molecule has 0 amide bonds. The average Bonchev–Trinajstić information content (AvgIpc) is 3.37. The Hall–Kier alpha value is -2.47. The number of halogens is 3. The van der Waals surface area contributed by atoms with E-state index in [9.17, 15) is 13.2 Å². The summed E-state index contributed by atoms with van der Waals surface area (Å²) in [6, 6.07) is 0. The molecular formula is C18H23F3N4O5. The van der Waals surface area contributed by atoms with Crippen LogP contribution in [0.5, 0.6) is 0 Å². The van der Waals surface area contributed by atoms with Crippen LogP contribution in [0, 0.1) is 26.7 Å². The molecule has 2 aromatic rings. The van der Waals surface area contributed by atoms with Gasteiger partial charge in [0.1, 0.15) is 5.76 Å². The van der Waals surface area contributed by atoms with Gasteiger partial charge in [0.25, 0.3) is 0 Å². The van der Waals surface area contributed by atoms with E-state index in [1.807, 2.05) is 20.8 Å². The molecule has 0 unspecified atom stereocenters. The van der Waals surface area contributed by atoms with Crippen LogP contribution in [0.25, 0.3) is 0 Å². The van der Waals surface area contributed by atoms with Crippen LogP contribution >= 0.6 is 0 Å². The van der Waals surface area contributed by atoms with E-state index in [1.165, 1.54) is 5.56 Å². The van der Waals surface area contributed by atoms with E-state index in [2.05, 4.69) is 20.2 Å². The molecule has 2 aliphatic heterocycles. The van der Waals surface area contributed by atoms with Crippen molar-refractivity contribution in [3.8, 4) is 0 Å². The molecule has 12 heteroatoms. The minimum Gasteiger partial charge on any atom is -0.475 e. The number of fused-ring (bicyclic) bond motifs is 1. The molecule has 30 heavy (non-hydrogen) atoms. The van der Waals surface area contributed by atoms with Gasteiger partial charge in [0, 0.05) is 31.1 Å². The highest BCUT2D eigenvalue weighted by atomic mass is 19.4. The fourth-order valence-corrected chi connectivity index (χ4v) is 3.78. The van der Waals surface area contributed by atoms with Gasteiger partial charge in [0.2, 0.25) is 5.89 Å². The normalized spacial score (nSPS) is 23.9. The van der Waals surface area contributed by atoms with Crippen LogP contribution in [0.2, 0.25) is 0 Å². The number of aromatic nitrogens is 3. The molecule has 0 saturated carbocycles. The first-order valence-corrected chi connectivity index (χ1v) is 9.41. The van der Waals surface area contributed by atoms with Crippen molar-refractivity contribution < 1.29 is 36.9 Å². The summed E-state index contributed by atoms with van der Waals surface area (Å²) in [6.07, 6.45) is -2.79. The Morgan fingerprint density at radius 3 is 2.40 bits per heavy atom. The van der Waals surface area contributed by atoms with E-state index in [0.717, 1.165) is 43.9 Å². The lowest BCUT2D eigenvalue weighted by Gasteiger charge is -2.18. The Morgan fingerprint density at radius 2 is 1.90 bits per heavy atom. The maximum absolute atomic E-state index is 10.6. The summed E-state index contributed by atoms with van der Waals surface area (Å²) in [7, 11) is 0. The van der Waals surface area contributed by atoms with E-state index in [0.29, 0.717) is 23.7 Å². The summed E-state index contributed by atoms with van der Waals surface area (Å²) in [5, 5.41) is 15.0. The molecule has 0 radical (unpaired) electrons. The Labute approximate surface area is 170 Å². The van der Waals surface area contributed by atoms with Gasteiger partial charge in [0.05, 0.1) is 24.3 Å². The van der Waals surface area contributed by atoms with Gasteiger partial charge in [-0.1, -0.05) is 10.3 Å².